The SMILES string of the molecule is CCCNC1CCCc2cccc(-c3cc(O)on3)c21.Cl. The molecule has 1 aliphatic rings. The molecule has 2 aromatic rings. The molecule has 0 saturated carbocycles. The molecular formula is C16H21ClN2O2. The van der Waals surface area contributed by atoms with Gasteiger partial charge < -0.3 is 14.9 Å². The van der Waals surface area contributed by atoms with Gasteiger partial charge in [-0.2, -0.15) is 0 Å². The maximum atomic E-state index is 9.38. The van der Waals surface area contributed by atoms with E-state index in [0.29, 0.717) is 11.7 Å². The topological polar surface area (TPSA) is 58.3 Å². The van der Waals surface area contributed by atoms with Gasteiger partial charge in [0.25, 0.3) is 0 Å². The van der Waals surface area contributed by atoms with Gasteiger partial charge in [-0.1, -0.05) is 30.3 Å². The predicted octanol–water partition coefficient (Wildman–Crippen LogP) is 3.85. The van der Waals surface area contributed by atoms with Crippen LogP contribution in [0.3, 0.4) is 0 Å². The van der Waals surface area contributed by atoms with Gasteiger partial charge in [-0.3, -0.25) is 0 Å². The number of aromatic hydroxyl groups is 1. The summed E-state index contributed by atoms with van der Waals surface area (Å²) < 4.78 is 4.81. The van der Waals surface area contributed by atoms with Crippen LogP contribution in [0.4, 0.5) is 0 Å². The van der Waals surface area contributed by atoms with Crippen LogP contribution in [0.2, 0.25) is 0 Å². The van der Waals surface area contributed by atoms with E-state index in [0.717, 1.165) is 31.4 Å². The average molecular weight is 309 g/mol. The van der Waals surface area contributed by atoms with Gasteiger partial charge in [0.1, 0.15) is 5.69 Å². The number of nitrogens with zero attached hydrogens (tertiary/aromatic N) is 1. The van der Waals surface area contributed by atoms with Crippen molar-refractivity contribution in [1.82, 2.24) is 10.5 Å². The second-order valence-corrected chi connectivity index (χ2v) is 5.33. The highest BCUT2D eigenvalue weighted by atomic mass is 35.5. The minimum Gasteiger partial charge on any atom is -0.479 e. The summed E-state index contributed by atoms with van der Waals surface area (Å²) in [6, 6.07) is 8.26. The Morgan fingerprint density at radius 1 is 1.43 bits per heavy atom. The molecule has 4 nitrogen and oxygen atoms in total. The summed E-state index contributed by atoms with van der Waals surface area (Å²) in [7, 11) is 0. The first-order valence-electron chi connectivity index (χ1n) is 7.31. The minimum absolute atomic E-state index is 0. The van der Waals surface area contributed by atoms with Gasteiger partial charge in [0.2, 0.25) is 0 Å². The molecule has 5 heteroatoms. The van der Waals surface area contributed by atoms with E-state index in [1.807, 2.05) is 0 Å². The van der Waals surface area contributed by atoms with Gasteiger partial charge in [-0.15, -0.1) is 12.4 Å². The van der Waals surface area contributed by atoms with E-state index < -0.39 is 0 Å². The van der Waals surface area contributed by atoms with E-state index in [4.69, 9.17) is 4.52 Å². The monoisotopic (exact) mass is 308 g/mol. The third-order valence-corrected chi connectivity index (χ3v) is 3.90. The highest BCUT2D eigenvalue weighted by Crippen LogP contribution is 2.37. The molecule has 0 aliphatic heterocycles. The van der Waals surface area contributed by atoms with E-state index in [9.17, 15) is 5.11 Å². The number of aromatic nitrogens is 1. The smallest absolute Gasteiger partial charge is 0.309 e. The zero-order valence-corrected chi connectivity index (χ0v) is 12.9. The summed E-state index contributed by atoms with van der Waals surface area (Å²) in [6.45, 7) is 3.20. The van der Waals surface area contributed by atoms with E-state index in [2.05, 4.69) is 35.6 Å². The van der Waals surface area contributed by atoms with Crippen LogP contribution >= 0.6 is 12.4 Å². The van der Waals surface area contributed by atoms with Crippen molar-refractivity contribution in [2.75, 3.05) is 6.54 Å². The number of hydrogen-bond acceptors (Lipinski definition) is 4. The minimum atomic E-state index is -0.133. The fraction of sp³-hybridized carbons (Fsp3) is 0.438. The highest BCUT2D eigenvalue weighted by molar-refractivity contribution is 5.85. The Labute approximate surface area is 130 Å². The lowest BCUT2D eigenvalue weighted by atomic mass is 9.83. The Hall–Kier alpha value is -1.52. The summed E-state index contributed by atoms with van der Waals surface area (Å²) in [6.07, 6.45) is 4.59. The molecule has 0 radical (unpaired) electrons. The maximum absolute atomic E-state index is 9.38. The van der Waals surface area contributed by atoms with Crippen LogP contribution in [0.15, 0.2) is 28.8 Å². The summed E-state index contributed by atoms with van der Waals surface area (Å²) in [5.41, 5.74) is 4.48. The Morgan fingerprint density at radius 3 is 3.00 bits per heavy atom. The molecular weight excluding hydrogens is 288 g/mol. The number of nitrogens with one attached hydrogen (secondary N) is 1. The van der Waals surface area contributed by atoms with Gasteiger partial charge in [0, 0.05) is 11.6 Å². The van der Waals surface area contributed by atoms with Crippen LogP contribution in [0.25, 0.3) is 11.3 Å². The van der Waals surface area contributed by atoms with Crippen LogP contribution in [0.1, 0.15) is 43.4 Å². The fourth-order valence-corrected chi connectivity index (χ4v) is 3.02. The molecule has 1 unspecified atom stereocenters. The van der Waals surface area contributed by atoms with Crippen molar-refractivity contribution in [1.29, 1.82) is 0 Å². The molecule has 0 bridgehead atoms. The Kier molecular flexibility index (Phi) is 5.26. The lowest BCUT2D eigenvalue weighted by molar-refractivity contribution is 0.278. The zero-order valence-electron chi connectivity index (χ0n) is 12.1. The number of hydrogen-bond donors (Lipinski definition) is 2. The van der Waals surface area contributed by atoms with Gasteiger partial charge in [0.15, 0.2) is 0 Å². The zero-order chi connectivity index (χ0) is 13.9. The van der Waals surface area contributed by atoms with Crippen molar-refractivity contribution in [2.45, 2.75) is 38.6 Å². The summed E-state index contributed by atoms with van der Waals surface area (Å²) >= 11 is 0. The van der Waals surface area contributed by atoms with Crippen LogP contribution in [-0.4, -0.2) is 16.8 Å². The number of benzene rings is 1. The van der Waals surface area contributed by atoms with Crippen molar-refractivity contribution < 1.29 is 9.63 Å². The average Bonchev–Trinajstić information content (AvgIpc) is 2.91. The van der Waals surface area contributed by atoms with Crippen LogP contribution in [-0.2, 0) is 6.42 Å². The van der Waals surface area contributed by atoms with Crippen LogP contribution in [0, 0.1) is 0 Å². The molecule has 2 N–H and O–H groups in total. The first-order chi connectivity index (χ1) is 9.79. The summed E-state index contributed by atoms with van der Waals surface area (Å²) in [4.78, 5) is 0. The third kappa shape index (κ3) is 3.22. The quantitative estimate of drug-likeness (QED) is 0.901. The third-order valence-electron chi connectivity index (χ3n) is 3.90. The van der Waals surface area contributed by atoms with E-state index in [1.165, 1.54) is 17.5 Å². The van der Waals surface area contributed by atoms with Crippen LogP contribution < -0.4 is 5.32 Å². The van der Waals surface area contributed by atoms with Crippen molar-refractivity contribution >= 4 is 12.4 Å². The second kappa shape index (κ2) is 6.96. The van der Waals surface area contributed by atoms with Gasteiger partial charge >= 0.3 is 5.95 Å². The van der Waals surface area contributed by atoms with Gasteiger partial charge in [-0.05, 0) is 43.4 Å². The largest absolute Gasteiger partial charge is 0.479 e. The number of halogens is 1. The number of fused-ring (bicyclic) bond motifs is 1. The number of aryl methyl sites for hydroxylation is 1. The van der Waals surface area contributed by atoms with Gasteiger partial charge in [-0.25, -0.2) is 0 Å². The normalized spacial score (nSPS) is 17.1. The van der Waals surface area contributed by atoms with E-state index >= 15 is 0 Å². The first kappa shape index (κ1) is 15.9. The molecule has 1 atom stereocenters. The molecule has 0 fully saturated rings. The second-order valence-electron chi connectivity index (χ2n) is 5.33. The highest BCUT2D eigenvalue weighted by Gasteiger charge is 2.24. The molecule has 1 aliphatic carbocycles. The summed E-state index contributed by atoms with van der Waals surface area (Å²) in [5.74, 6) is -0.133. The summed E-state index contributed by atoms with van der Waals surface area (Å²) in [5, 5.41) is 17.0. The fourth-order valence-electron chi connectivity index (χ4n) is 3.02. The van der Waals surface area contributed by atoms with Crippen molar-refractivity contribution in [3.05, 3.63) is 35.4 Å². The molecule has 1 aromatic carbocycles. The Bertz CT molecular complexity index is 598. The molecule has 114 valence electrons. The Morgan fingerprint density at radius 2 is 2.29 bits per heavy atom. The molecule has 0 spiro atoms. The first-order valence-corrected chi connectivity index (χ1v) is 7.31. The van der Waals surface area contributed by atoms with E-state index in [-0.39, 0.29) is 18.4 Å². The molecule has 1 heterocycles. The van der Waals surface area contributed by atoms with E-state index in [1.54, 1.807) is 6.07 Å². The molecule has 3 rings (SSSR count). The molecule has 1 aromatic heterocycles. The predicted molar refractivity (Wildman–Crippen MR) is 84.8 cm³/mol. The molecule has 21 heavy (non-hydrogen) atoms. The molecule has 0 amide bonds. The van der Waals surface area contributed by atoms with Crippen molar-refractivity contribution in [3.63, 3.8) is 0 Å². The lowest BCUT2D eigenvalue weighted by Crippen LogP contribution is -2.26. The Balaban J connectivity index is 0.00000161. The standard InChI is InChI=1S/C16H20N2O2.ClH/c1-2-9-17-13-8-4-6-11-5-3-7-12(16(11)13)14-10-15(19)20-18-14;/h3,5,7,10,13,17,19H,2,4,6,8-9H2,1H3;1H. The molecule has 0 saturated heterocycles. The van der Waals surface area contributed by atoms with Gasteiger partial charge in [0.05, 0.1) is 6.07 Å². The number of rotatable bonds is 4. The maximum Gasteiger partial charge on any atom is 0.309 e. The van der Waals surface area contributed by atoms with Crippen molar-refractivity contribution in [3.8, 4) is 17.2 Å². The van der Waals surface area contributed by atoms with Crippen molar-refractivity contribution in [2.24, 2.45) is 0 Å². The lowest BCUT2D eigenvalue weighted by Gasteiger charge is -2.28. The van der Waals surface area contributed by atoms with Crippen LogP contribution in [0.5, 0.6) is 5.95 Å².